The Labute approximate surface area is 88.3 Å². The van der Waals surface area contributed by atoms with Gasteiger partial charge in [-0.25, -0.2) is 4.98 Å². The number of benzene rings is 1. The lowest BCUT2D eigenvalue weighted by Crippen LogP contribution is -2.31. The number of fused-ring (bicyclic) bond motifs is 1. The predicted molar refractivity (Wildman–Crippen MR) is 58.6 cm³/mol. The minimum Gasteiger partial charge on any atom is -0.443 e. The average Bonchev–Trinajstić information content (AvgIpc) is 2.89. The number of nitrogens with two attached hydrogens (primary N) is 1. The van der Waals surface area contributed by atoms with Crippen LogP contribution in [0.3, 0.4) is 0 Å². The van der Waals surface area contributed by atoms with E-state index in [9.17, 15) is 0 Å². The summed E-state index contributed by atoms with van der Waals surface area (Å²) in [6, 6.07) is 6.29. The summed E-state index contributed by atoms with van der Waals surface area (Å²) in [5, 5.41) is 0. The Bertz CT molecular complexity index is 497. The van der Waals surface area contributed by atoms with Crippen LogP contribution in [0.1, 0.15) is 25.3 Å². The molecule has 1 unspecified atom stereocenters. The number of rotatable bonds is 2. The van der Waals surface area contributed by atoms with E-state index in [1.807, 2.05) is 12.1 Å². The molecular formula is C12H14N2O. The van der Waals surface area contributed by atoms with Crippen LogP contribution in [0.15, 0.2) is 29.0 Å². The third-order valence-electron chi connectivity index (χ3n) is 3.55. The summed E-state index contributed by atoms with van der Waals surface area (Å²) in [4.78, 5) is 4.17. The fraction of sp³-hybridized carbons (Fsp3) is 0.417. The van der Waals surface area contributed by atoms with Crippen molar-refractivity contribution in [2.24, 2.45) is 5.73 Å². The van der Waals surface area contributed by atoms with Crippen molar-refractivity contribution in [1.82, 2.24) is 4.98 Å². The first-order chi connectivity index (χ1) is 7.24. The Hall–Kier alpha value is -1.35. The smallest absolute Gasteiger partial charge is 0.181 e. The summed E-state index contributed by atoms with van der Waals surface area (Å²) in [6.45, 7) is 2.07. The Balaban J connectivity index is 2.23. The molecule has 0 saturated heterocycles. The Morgan fingerprint density at radius 3 is 2.93 bits per heavy atom. The van der Waals surface area contributed by atoms with Gasteiger partial charge in [0.1, 0.15) is 5.52 Å². The van der Waals surface area contributed by atoms with Crippen molar-refractivity contribution < 1.29 is 4.42 Å². The highest BCUT2D eigenvalue weighted by Gasteiger charge is 2.48. The number of aromatic nitrogens is 1. The first kappa shape index (κ1) is 8.92. The van der Waals surface area contributed by atoms with E-state index >= 15 is 0 Å². The molecule has 1 heterocycles. The first-order valence-corrected chi connectivity index (χ1v) is 5.32. The highest BCUT2D eigenvalue weighted by molar-refractivity contribution is 5.78. The van der Waals surface area contributed by atoms with Crippen LogP contribution in [0.2, 0.25) is 0 Å². The maximum absolute atomic E-state index is 6.06. The molecule has 1 fully saturated rings. The van der Waals surface area contributed by atoms with Crippen molar-refractivity contribution in [2.75, 3.05) is 0 Å². The molecule has 78 valence electrons. The molecule has 0 aliphatic heterocycles. The van der Waals surface area contributed by atoms with E-state index in [0.29, 0.717) is 0 Å². The van der Waals surface area contributed by atoms with E-state index in [-0.39, 0.29) is 11.5 Å². The summed E-state index contributed by atoms with van der Waals surface area (Å²) in [5.41, 5.74) is 9.27. The van der Waals surface area contributed by atoms with Crippen LogP contribution in [0.5, 0.6) is 0 Å². The highest BCUT2D eigenvalue weighted by atomic mass is 16.3. The van der Waals surface area contributed by atoms with Gasteiger partial charge in [0.05, 0.1) is 0 Å². The van der Waals surface area contributed by atoms with Crippen molar-refractivity contribution in [3.05, 3.63) is 30.2 Å². The summed E-state index contributed by atoms with van der Waals surface area (Å²) in [7, 11) is 0. The van der Waals surface area contributed by atoms with Gasteiger partial charge in [0.15, 0.2) is 12.0 Å². The van der Waals surface area contributed by atoms with Crippen molar-refractivity contribution in [3.63, 3.8) is 0 Å². The van der Waals surface area contributed by atoms with Gasteiger partial charge < -0.3 is 10.2 Å². The van der Waals surface area contributed by atoms with Crippen LogP contribution in [0.25, 0.3) is 11.1 Å². The third-order valence-corrected chi connectivity index (χ3v) is 3.55. The number of oxazole rings is 1. The standard InChI is InChI=1S/C12H14N2O/c1-8(13)12(5-6-12)9-3-2-4-10-11(9)15-7-14-10/h2-4,7-8H,5-6,13H2,1H3. The minimum absolute atomic E-state index is 0.138. The third kappa shape index (κ3) is 1.13. The molecule has 1 aliphatic carbocycles. The molecule has 1 aromatic carbocycles. The molecule has 3 nitrogen and oxygen atoms in total. The Kier molecular flexibility index (Phi) is 1.68. The quantitative estimate of drug-likeness (QED) is 0.812. The van der Waals surface area contributed by atoms with Crippen molar-refractivity contribution in [1.29, 1.82) is 0 Å². The monoisotopic (exact) mass is 202 g/mol. The van der Waals surface area contributed by atoms with E-state index in [1.54, 1.807) is 0 Å². The zero-order valence-corrected chi connectivity index (χ0v) is 8.73. The van der Waals surface area contributed by atoms with Gasteiger partial charge in [0.2, 0.25) is 0 Å². The predicted octanol–water partition coefficient (Wildman–Crippen LogP) is 2.21. The van der Waals surface area contributed by atoms with Gasteiger partial charge in [-0.1, -0.05) is 12.1 Å². The molecular weight excluding hydrogens is 188 g/mol. The maximum atomic E-state index is 6.06. The summed E-state index contributed by atoms with van der Waals surface area (Å²) < 4.78 is 5.46. The first-order valence-electron chi connectivity index (χ1n) is 5.32. The molecule has 1 atom stereocenters. The van der Waals surface area contributed by atoms with E-state index in [2.05, 4.69) is 18.0 Å². The average molecular weight is 202 g/mol. The van der Waals surface area contributed by atoms with Crippen LogP contribution in [-0.4, -0.2) is 11.0 Å². The molecule has 0 amide bonds. The zero-order chi connectivity index (χ0) is 10.5. The van der Waals surface area contributed by atoms with Crippen LogP contribution < -0.4 is 5.73 Å². The van der Waals surface area contributed by atoms with Gasteiger partial charge in [-0.15, -0.1) is 0 Å². The van der Waals surface area contributed by atoms with Crippen LogP contribution >= 0.6 is 0 Å². The summed E-state index contributed by atoms with van der Waals surface area (Å²) >= 11 is 0. The molecule has 0 spiro atoms. The van der Waals surface area contributed by atoms with Gasteiger partial charge in [-0.05, 0) is 25.8 Å². The fourth-order valence-corrected chi connectivity index (χ4v) is 2.38. The summed E-state index contributed by atoms with van der Waals surface area (Å²) in [6.07, 6.45) is 3.82. The van der Waals surface area contributed by atoms with Crippen molar-refractivity contribution in [3.8, 4) is 0 Å². The lowest BCUT2D eigenvalue weighted by Gasteiger charge is -2.19. The van der Waals surface area contributed by atoms with E-state index in [4.69, 9.17) is 10.2 Å². The van der Waals surface area contributed by atoms with Crippen molar-refractivity contribution in [2.45, 2.75) is 31.2 Å². The van der Waals surface area contributed by atoms with Gasteiger partial charge in [0.25, 0.3) is 0 Å². The molecule has 0 radical (unpaired) electrons. The van der Waals surface area contributed by atoms with Gasteiger partial charge >= 0.3 is 0 Å². The number of nitrogens with zero attached hydrogens (tertiary/aromatic N) is 1. The van der Waals surface area contributed by atoms with Crippen LogP contribution in [0.4, 0.5) is 0 Å². The maximum Gasteiger partial charge on any atom is 0.181 e. The molecule has 2 aromatic rings. The Morgan fingerprint density at radius 2 is 2.27 bits per heavy atom. The normalized spacial score (nSPS) is 20.4. The van der Waals surface area contributed by atoms with Gasteiger partial charge in [-0.2, -0.15) is 0 Å². The minimum atomic E-state index is 0.138. The second-order valence-corrected chi connectivity index (χ2v) is 4.45. The lowest BCUT2D eigenvalue weighted by molar-refractivity contribution is 0.538. The second-order valence-electron chi connectivity index (χ2n) is 4.45. The van der Waals surface area contributed by atoms with Crippen LogP contribution in [-0.2, 0) is 5.41 Å². The molecule has 0 bridgehead atoms. The highest BCUT2D eigenvalue weighted by Crippen LogP contribution is 2.52. The number of para-hydroxylation sites is 1. The molecule has 1 saturated carbocycles. The van der Waals surface area contributed by atoms with Gasteiger partial charge in [0, 0.05) is 17.0 Å². The Morgan fingerprint density at radius 1 is 1.47 bits per heavy atom. The SMILES string of the molecule is CC(N)C1(c2cccc3ncoc23)CC1. The number of hydrogen-bond donors (Lipinski definition) is 1. The molecule has 3 rings (SSSR count). The van der Waals surface area contributed by atoms with Crippen molar-refractivity contribution >= 4 is 11.1 Å². The van der Waals surface area contributed by atoms with E-state index in [0.717, 1.165) is 23.9 Å². The fourth-order valence-electron chi connectivity index (χ4n) is 2.38. The zero-order valence-electron chi connectivity index (χ0n) is 8.73. The molecule has 15 heavy (non-hydrogen) atoms. The largest absolute Gasteiger partial charge is 0.443 e. The van der Waals surface area contributed by atoms with E-state index < -0.39 is 0 Å². The number of hydrogen-bond acceptors (Lipinski definition) is 3. The second kappa shape index (κ2) is 2.83. The van der Waals surface area contributed by atoms with E-state index in [1.165, 1.54) is 12.0 Å². The topological polar surface area (TPSA) is 52.0 Å². The lowest BCUT2D eigenvalue weighted by atomic mass is 9.89. The van der Waals surface area contributed by atoms with Gasteiger partial charge in [-0.3, -0.25) is 0 Å². The molecule has 3 heteroatoms. The molecule has 1 aromatic heterocycles. The molecule has 1 aliphatic rings. The summed E-state index contributed by atoms with van der Waals surface area (Å²) in [5.74, 6) is 0. The molecule has 2 N–H and O–H groups in total. The van der Waals surface area contributed by atoms with Crippen LogP contribution in [0, 0.1) is 0 Å².